The van der Waals surface area contributed by atoms with E-state index in [4.69, 9.17) is 0 Å². The monoisotopic (exact) mass is 658 g/mol. The van der Waals surface area contributed by atoms with Crippen LogP contribution >= 0.6 is 0 Å². The van der Waals surface area contributed by atoms with Crippen molar-refractivity contribution >= 4 is 0 Å². The zero-order chi connectivity index (χ0) is 21.2. The Kier molecular flexibility index (Phi) is 9.04. The summed E-state index contributed by atoms with van der Waals surface area (Å²) in [5.74, 6) is 4.06. The third kappa shape index (κ3) is 4.52. The van der Waals surface area contributed by atoms with E-state index in [1.165, 1.54) is 73.4 Å². The van der Waals surface area contributed by atoms with Crippen LogP contribution in [0.3, 0.4) is 0 Å². The Labute approximate surface area is 228 Å². The van der Waals surface area contributed by atoms with Crippen molar-refractivity contribution < 1.29 is 56.9 Å². The SMILES string of the molecule is CC[N+](C)(C)[C@@H]1CC[C@@]2(C)[C@@H](CC[C@@H]3[C@@H]2CC[C@]2(C)[C@H]([N+](C)(C)CC)CC[C@@H]32)C1.[I-].[I-]. The van der Waals surface area contributed by atoms with Crippen molar-refractivity contribution in [3.63, 3.8) is 0 Å². The van der Waals surface area contributed by atoms with Gasteiger partial charge in [-0.25, -0.2) is 0 Å². The molecule has 4 heteroatoms. The van der Waals surface area contributed by atoms with Gasteiger partial charge in [-0.3, -0.25) is 0 Å². The first-order valence-electron chi connectivity index (χ1n) is 13.1. The quantitative estimate of drug-likeness (QED) is 0.295. The molecule has 0 heterocycles. The minimum absolute atomic E-state index is 0. The number of nitrogens with zero attached hydrogens (tertiary/aromatic N) is 2. The fraction of sp³-hybridized carbons (Fsp3) is 1.00. The van der Waals surface area contributed by atoms with E-state index in [1.807, 2.05) is 0 Å². The number of rotatable bonds is 4. The van der Waals surface area contributed by atoms with E-state index in [2.05, 4.69) is 55.9 Å². The Hall–Kier alpha value is 1.38. The van der Waals surface area contributed by atoms with Crippen LogP contribution in [0, 0.1) is 34.5 Å². The second kappa shape index (κ2) is 9.79. The molecule has 8 atom stereocenters. The predicted molar refractivity (Wildman–Crippen MR) is 125 cm³/mol. The van der Waals surface area contributed by atoms with Crippen molar-refractivity contribution in [2.45, 2.75) is 97.6 Å². The highest BCUT2D eigenvalue weighted by Gasteiger charge is 2.63. The summed E-state index contributed by atoms with van der Waals surface area (Å²) in [5.41, 5.74) is 1.24. The summed E-state index contributed by atoms with van der Waals surface area (Å²) in [4.78, 5) is 0. The lowest BCUT2D eigenvalue weighted by atomic mass is 9.44. The standard InChI is InChI=1S/C27H52N2.2HI/c1-9-28(5,6)21-15-17-26(3)20(19-21)11-12-22-23-13-14-25(29(7,8)10-2)27(23,4)18-16-24(22)26;;/h20-25H,9-19H2,1-8H3;2*1H/q+2;;/p-2/t20-,21+,22-,23-,24-,25+,26-,27-;;/m0../s1. The second-order valence-electron chi connectivity index (χ2n) is 13.4. The lowest BCUT2D eigenvalue weighted by Gasteiger charge is -2.62. The van der Waals surface area contributed by atoms with Crippen LogP contribution in [0.5, 0.6) is 0 Å². The lowest BCUT2D eigenvalue weighted by molar-refractivity contribution is -0.920. The van der Waals surface area contributed by atoms with Crippen LogP contribution in [-0.4, -0.2) is 62.3 Å². The molecule has 4 aliphatic rings. The van der Waals surface area contributed by atoms with Gasteiger partial charge in [0, 0.05) is 18.3 Å². The first kappa shape index (κ1) is 28.6. The molecule has 4 aliphatic carbocycles. The molecule has 0 bridgehead atoms. The van der Waals surface area contributed by atoms with Crippen molar-refractivity contribution in [3.05, 3.63) is 0 Å². The topological polar surface area (TPSA) is 0 Å². The molecule has 0 unspecified atom stereocenters. The van der Waals surface area contributed by atoms with Crippen molar-refractivity contribution in [2.24, 2.45) is 34.5 Å². The zero-order valence-electron chi connectivity index (χ0n) is 21.9. The second-order valence-corrected chi connectivity index (χ2v) is 13.4. The van der Waals surface area contributed by atoms with Gasteiger partial charge in [0.15, 0.2) is 0 Å². The molecular formula is C27H52I2N2. The van der Waals surface area contributed by atoms with Gasteiger partial charge in [0.2, 0.25) is 0 Å². The molecule has 0 aromatic heterocycles. The fourth-order valence-corrected chi connectivity index (χ4v) is 9.47. The minimum atomic E-state index is 0. The average Bonchev–Trinajstić information content (AvgIpc) is 3.05. The van der Waals surface area contributed by atoms with E-state index in [9.17, 15) is 0 Å². The van der Waals surface area contributed by atoms with Crippen molar-refractivity contribution in [3.8, 4) is 0 Å². The highest BCUT2D eigenvalue weighted by Crippen LogP contribution is 2.67. The number of hydrogen-bond acceptors (Lipinski definition) is 0. The molecule has 184 valence electrons. The molecule has 4 saturated carbocycles. The molecule has 0 aromatic rings. The molecular weight excluding hydrogens is 606 g/mol. The summed E-state index contributed by atoms with van der Waals surface area (Å²) in [6.45, 7) is 12.8. The van der Waals surface area contributed by atoms with Crippen LogP contribution in [0.15, 0.2) is 0 Å². The number of halogens is 2. The van der Waals surface area contributed by atoms with Gasteiger partial charge < -0.3 is 56.9 Å². The molecule has 2 nitrogen and oxygen atoms in total. The van der Waals surface area contributed by atoms with Crippen LogP contribution in [0.25, 0.3) is 0 Å². The van der Waals surface area contributed by atoms with Gasteiger partial charge in [-0.05, 0) is 87.9 Å². The summed E-state index contributed by atoms with van der Waals surface area (Å²) in [6.07, 6.45) is 13.6. The van der Waals surface area contributed by atoms with Crippen molar-refractivity contribution in [1.82, 2.24) is 0 Å². The van der Waals surface area contributed by atoms with Gasteiger partial charge in [0.1, 0.15) is 0 Å². The van der Waals surface area contributed by atoms with Crippen LogP contribution < -0.4 is 48.0 Å². The van der Waals surface area contributed by atoms with Gasteiger partial charge >= 0.3 is 0 Å². The number of quaternary nitrogens is 2. The van der Waals surface area contributed by atoms with E-state index in [-0.39, 0.29) is 48.0 Å². The Balaban J connectivity index is 0.00000171. The normalized spacial score (nSPS) is 44.9. The molecule has 0 saturated heterocycles. The summed E-state index contributed by atoms with van der Waals surface area (Å²) in [7, 11) is 9.99. The van der Waals surface area contributed by atoms with Crippen molar-refractivity contribution in [1.29, 1.82) is 0 Å². The maximum atomic E-state index is 2.75. The Morgan fingerprint density at radius 2 is 1.26 bits per heavy atom. The van der Waals surface area contributed by atoms with Crippen molar-refractivity contribution in [2.75, 3.05) is 41.3 Å². The largest absolute Gasteiger partial charge is 1.00 e. The number of hydrogen-bond donors (Lipinski definition) is 0. The zero-order valence-corrected chi connectivity index (χ0v) is 26.2. The van der Waals surface area contributed by atoms with Crippen LogP contribution in [0.2, 0.25) is 0 Å². The van der Waals surface area contributed by atoms with Gasteiger partial charge in [-0.1, -0.05) is 13.8 Å². The van der Waals surface area contributed by atoms with E-state index in [0.717, 1.165) is 35.8 Å². The Bertz CT molecular complexity index is 620. The van der Waals surface area contributed by atoms with Gasteiger partial charge in [0.25, 0.3) is 0 Å². The highest BCUT2D eigenvalue weighted by molar-refractivity contribution is 5.09. The summed E-state index contributed by atoms with van der Waals surface area (Å²) < 4.78 is 2.49. The van der Waals surface area contributed by atoms with Crippen LogP contribution in [-0.2, 0) is 0 Å². The first-order valence-corrected chi connectivity index (χ1v) is 13.1. The molecule has 0 amide bonds. The minimum Gasteiger partial charge on any atom is -1.00 e. The molecule has 4 rings (SSSR count). The van der Waals surface area contributed by atoms with Gasteiger partial charge in [-0.2, -0.15) is 0 Å². The summed E-state index contributed by atoms with van der Waals surface area (Å²) >= 11 is 0. The van der Waals surface area contributed by atoms with E-state index < -0.39 is 0 Å². The smallest absolute Gasteiger partial charge is 0.0943 e. The fourth-order valence-electron chi connectivity index (χ4n) is 9.47. The predicted octanol–water partition coefficient (Wildman–Crippen LogP) is -0.0331. The molecule has 31 heavy (non-hydrogen) atoms. The third-order valence-corrected chi connectivity index (χ3v) is 12.1. The van der Waals surface area contributed by atoms with E-state index in [0.29, 0.717) is 10.8 Å². The molecule has 4 fully saturated rings. The lowest BCUT2D eigenvalue weighted by Crippen LogP contribution is -3.00. The van der Waals surface area contributed by atoms with E-state index in [1.54, 1.807) is 6.42 Å². The molecule has 0 radical (unpaired) electrons. The molecule has 0 aromatic carbocycles. The first-order chi connectivity index (χ1) is 13.5. The Morgan fingerprint density at radius 3 is 1.87 bits per heavy atom. The molecule has 0 aliphatic heterocycles. The average molecular weight is 659 g/mol. The third-order valence-electron chi connectivity index (χ3n) is 12.1. The van der Waals surface area contributed by atoms with Gasteiger partial charge in [-0.15, -0.1) is 0 Å². The highest BCUT2D eigenvalue weighted by atomic mass is 127. The molecule has 0 spiro atoms. The van der Waals surface area contributed by atoms with Crippen LogP contribution in [0.4, 0.5) is 0 Å². The maximum Gasteiger partial charge on any atom is 0.0943 e. The maximum absolute atomic E-state index is 2.75. The number of fused-ring (bicyclic) bond motifs is 5. The summed E-state index contributed by atoms with van der Waals surface area (Å²) in [5, 5.41) is 0. The Morgan fingerprint density at radius 1 is 0.677 bits per heavy atom. The van der Waals surface area contributed by atoms with Gasteiger partial charge in [0.05, 0.1) is 53.4 Å². The molecule has 0 N–H and O–H groups in total. The summed E-state index contributed by atoms with van der Waals surface area (Å²) in [6, 6.07) is 1.80. The van der Waals surface area contributed by atoms with E-state index >= 15 is 0 Å². The van der Waals surface area contributed by atoms with Crippen LogP contribution in [0.1, 0.15) is 85.5 Å².